The van der Waals surface area contributed by atoms with Gasteiger partial charge >= 0.3 is 5.69 Å². The Labute approximate surface area is 320 Å². The smallest absolute Gasteiger partial charge is 0.335 e. The molecule has 13 heteroatoms. The summed E-state index contributed by atoms with van der Waals surface area (Å²) in [5.41, 5.74) is -0.757. The van der Waals surface area contributed by atoms with Crippen molar-refractivity contribution in [2.45, 2.75) is 75.6 Å². The Bertz CT molecular complexity index is 2230. The van der Waals surface area contributed by atoms with Gasteiger partial charge in [0.15, 0.2) is 0 Å². The summed E-state index contributed by atoms with van der Waals surface area (Å²) in [7, 11) is -4.34. The van der Waals surface area contributed by atoms with Gasteiger partial charge in [0.25, 0.3) is 15.7 Å². The van der Waals surface area contributed by atoms with Crippen molar-refractivity contribution in [3.05, 3.63) is 170 Å². The average Bonchev–Trinajstić information content (AvgIpc) is 3.51. The highest BCUT2D eigenvalue weighted by atomic mass is 32.2. The number of aryl methyl sites for hydroxylation is 2. The number of ether oxygens (including phenoxy) is 4. The van der Waals surface area contributed by atoms with E-state index < -0.39 is 45.4 Å². The van der Waals surface area contributed by atoms with Crippen molar-refractivity contribution in [2.75, 3.05) is 19.8 Å². The molecule has 6 rings (SSSR count). The lowest BCUT2D eigenvalue weighted by Crippen LogP contribution is -2.59. The van der Waals surface area contributed by atoms with E-state index in [4.69, 9.17) is 23.1 Å². The van der Waals surface area contributed by atoms with Crippen molar-refractivity contribution in [1.29, 1.82) is 0 Å². The largest absolute Gasteiger partial charge is 0.396 e. The lowest BCUT2D eigenvalue weighted by atomic mass is 9.80. The van der Waals surface area contributed by atoms with Crippen molar-refractivity contribution < 1.29 is 36.7 Å². The van der Waals surface area contributed by atoms with E-state index in [0.717, 1.165) is 26.8 Å². The SMILES string of the molecule is Cc1ccc(S(=O)(=O)OC[C@]2(COCc3ccccc3)O[C@@H](n3cc(C)c(=O)n(COCc4ccccc4)c3=O)C[C@]2(CCO)OCc2ccccc2)cc1. The normalized spacial score (nSPS) is 19.8. The fourth-order valence-electron chi connectivity index (χ4n) is 6.74. The third-order valence-corrected chi connectivity index (χ3v) is 11.1. The van der Waals surface area contributed by atoms with Crippen molar-refractivity contribution in [2.24, 2.45) is 0 Å². The van der Waals surface area contributed by atoms with Gasteiger partial charge in [0.1, 0.15) is 30.8 Å². The molecule has 1 N–H and O–H groups in total. The molecule has 0 radical (unpaired) electrons. The Morgan fingerprint density at radius 1 is 0.764 bits per heavy atom. The monoisotopic (exact) mass is 770 g/mol. The van der Waals surface area contributed by atoms with Gasteiger partial charge in [0, 0.05) is 31.2 Å². The van der Waals surface area contributed by atoms with E-state index in [-0.39, 0.29) is 63.1 Å². The summed E-state index contributed by atoms with van der Waals surface area (Å²) in [6, 6.07) is 34.4. The van der Waals surface area contributed by atoms with Crippen LogP contribution in [0.4, 0.5) is 0 Å². The van der Waals surface area contributed by atoms with Gasteiger partial charge in [0.2, 0.25) is 0 Å². The first-order valence-corrected chi connectivity index (χ1v) is 19.4. The van der Waals surface area contributed by atoms with Gasteiger partial charge in [0.05, 0.1) is 31.3 Å². The number of rotatable bonds is 18. The van der Waals surface area contributed by atoms with E-state index in [1.807, 2.05) is 97.9 Å². The van der Waals surface area contributed by atoms with Crippen LogP contribution in [-0.2, 0) is 59.8 Å². The summed E-state index contributed by atoms with van der Waals surface area (Å²) in [5, 5.41) is 10.6. The Hall–Kier alpha value is -4.73. The van der Waals surface area contributed by atoms with Crippen LogP contribution in [0.2, 0.25) is 0 Å². The highest BCUT2D eigenvalue weighted by Gasteiger charge is 2.62. The second kappa shape index (κ2) is 17.8. The Kier molecular flexibility index (Phi) is 12.9. The van der Waals surface area contributed by atoms with Crippen molar-refractivity contribution >= 4 is 10.1 Å². The molecular formula is C42H46N2O10S. The van der Waals surface area contributed by atoms with Crippen LogP contribution in [0, 0.1) is 13.8 Å². The van der Waals surface area contributed by atoms with Crippen LogP contribution >= 0.6 is 0 Å². The molecule has 0 unspecified atom stereocenters. The van der Waals surface area contributed by atoms with Crippen LogP contribution in [0.3, 0.4) is 0 Å². The van der Waals surface area contributed by atoms with E-state index in [2.05, 4.69) is 0 Å². The molecule has 1 aromatic heterocycles. The summed E-state index contributed by atoms with van der Waals surface area (Å²) >= 11 is 0. The van der Waals surface area contributed by atoms with E-state index in [1.165, 1.54) is 22.9 Å². The van der Waals surface area contributed by atoms with E-state index in [9.17, 15) is 23.1 Å². The van der Waals surface area contributed by atoms with Gasteiger partial charge < -0.3 is 24.1 Å². The number of aromatic nitrogens is 2. The second-order valence-corrected chi connectivity index (χ2v) is 15.3. The van der Waals surface area contributed by atoms with E-state index in [1.54, 1.807) is 19.1 Å². The zero-order valence-corrected chi connectivity index (χ0v) is 31.7. The Morgan fingerprint density at radius 3 is 1.91 bits per heavy atom. The average molecular weight is 771 g/mol. The standard InChI is InChI=1S/C42H46N2O10S/c1-32-18-20-37(21-19-32)55(48,49)53-30-42(29-50-26-34-12-6-3-7-13-34)41(22-23-45,52-28-36-16-10-5-11-17-36)24-38(54-42)43-25-33(2)39(46)44(40(43)47)31-51-27-35-14-8-4-9-15-35/h3-21,25,38,45H,22-24,26-31H2,1-2H3/t38-,41+,42+/m1/s1. The fraction of sp³-hybridized carbons (Fsp3) is 0.333. The molecule has 0 aliphatic carbocycles. The molecule has 1 fully saturated rings. The second-order valence-electron chi connectivity index (χ2n) is 13.7. The molecule has 55 heavy (non-hydrogen) atoms. The van der Waals surface area contributed by atoms with Crippen LogP contribution in [0.1, 0.15) is 46.9 Å². The van der Waals surface area contributed by atoms with Crippen molar-refractivity contribution in [3.63, 3.8) is 0 Å². The van der Waals surface area contributed by atoms with Crippen LogP contribution < -0.4 is 11.2 Å². The molecule has 1 saturated heterocycles. The fourth-order valence-corrected chi connectivity index (χ4v) is 7.69. The summed E-state index contributed by atoms with van der Waals surface area (Å²) in [4.78, 5) is 27.4. The van der Waals surface area contributed by atoms with Crippen LogP contribution in [0.5, 0.6) is 0 Å². The molecular weight excluding hydrogens is 725 g/mol. The van der Waals surface area contributed by atoms with Gasteiger partial charge in [-0.3, -0.25) is 13.5 Å². The number of benzene rings is 4. The number of aliphatic hydroxyl groups is 1. The summed E-state index contributed by atoms with van der Waals surface area (Å²) < 4.78 is 61.2. The quantitative estimate of drug-likeness (QED) is 0.115. The molecule has 290 valence electrons. The first-order chi connectivity index (χ1) is 26.5. The zero-order chi connectivity index (χ0) is 38.9. The first kappa shape index (κ1) is 39.9. The first-order valence-electron chi connectivity index (χ1n) is 18.0. The van der Waals surface area contributed by atoms with Crippen LogP contribution in [0.15, 0.2) is 136 Å². The summed E-state index contributed by atoms with van der Waals surface area (Å²) in [5.74, 6) is 0. The summed E-state index contributed by atoms with van der Waals surface area (Å²) in [6.07, 6.45) is 0.229. The lowest BCUT2D eigenvalue weighted by Gasteiger charge is -2.43. The maximum atomic E-state index is 14.2. The number of hydrogen-bond acceptors (Lipinski definition) is 10. The highest BCUT2D eigenvalue weighted by Crippen LogP contribution is 2.50. The minimum Gasteiger partial charge on any atom is -0.396 e. The third-order valence-electron chi connectivity index (χ3n) is 9.78. The highest BCUT2D eigenvalue weighted by molar-refractivity contribution is 7.86. The minimum atomic E-state index is -4.34. The molecule has 0 bridgehead atoms. The maximum Gasteiger partial charge on any atom is 0.335 e. The van der Waals surface area contributed by atoms with E-state index >= 15 is 0 Å². The molecule has 0 saturated carbocycles. The molecule has 0 amide bonds. The van der Waals surface area contributed by atoms with Gasteiger partial charge in [-0.25, -0.2) is 9.36 Å². The third kappa shape index (κ3) is 9.39. The molecule has 12 nitrogen and oxygen atoms in total. The molecule has 1 aliphatic heterocycles. The van der Waals surface area contributed by atoms with Crippen molar-refractivity contribution in [1.82, 2.24) is 9.13 Å². The Balaban J connectivity index is 1.41. The Morgan fingerprint density at radius 2 is 1.33 bits per heavy atom. The number of nitrogens with zero attached hydrogens (tertiary/aromatic N) is 2. The van der Waals surface area contributed by atoms with Gasteiger partial charge in [-0.2, -0.15) is 8.42 Å². The van der Waals surface area contributed by atoms with Gasteiger partial charge in [-0.15, -0.1) is 0 Å². The predicted octanol–water partition coefficient (Wildman–Crippen LogP) is 5.42. The zero-order valence-electron chi connectivity index (χ0n) is 30.9. The number of hydrogen-bond donors (Lipinski definition) is 1. The van der Waals surface area contributed by atoms with Crippen LogP contribution in [0.25, 0.3) is 0 Å². The molecule has 3 atom stereocenters. The molecule has 5 aromatic rings. The minimum absolute atomic E-state index is 0.0352. The molecule has 4 aromatic carbocycles. The van der Waals surface area contributed by atoms with Crippen LogP contribution in [-0.4, -0.2) is 53.7 Å². The van der Waals surface area contributed by atoms with Gasteiger partial charge in [-0.1, -0.05) is 109 Å². The van der Waals surface area contributed by atoms with Crippen molar-refractivity contribution in [3.8, 4) is 0 Å². The number of aliphatic hydroxyl groups excluding tert-OH is 1. The maximum absolute atomic E-state index is 14.2. The predicted molar refractivity (Wildman–Crippen MR) is 204 cm³/mol. The van der Waals surface area contributed by atoms with E-state index in [0.29, 0.717) is 0 Å². The molecule has 0 spiro atoms. The summed E-state index contributed by atoms with van der Waals surface area (Å²) in [6.45, 7) is 2.26. The lowest BCUT2D eigenvalue weighted by molar-refractivity contribution is -0.215. The topological polar surface area (TPSA) is 145 Å². The molecule has 1 aliphatic rings. The van der Waals surface area contributed by atoms with Gasteiger partial charge in [-0.05, 0) is 42.7 Å². The molecule has 2 heterocycles.